The summed E-state index contributed by atoms with van der Waals surface area (Å²) in [6.07, 6.45) is 1.83. The molecule has 2 rings (SSSR count). The lowest BCUT2D eigenvalue weighted by molar-refractivity contribution is 0.199. The average molecular weight is 255 g/mol. The van der Waals surface area contributed by atoms with Crippen molar-refractivity contribution >= 4 is 0 Å². The van der Waals surface area contributed by atoms with Gasteiger partial charge < -0.3 is 5.73 Å². The minimum Gasteiger partial charge on any atom is -0.329 e. The van der Waals surface area contributed by atoms with Crippen molar-refractivity contribution in [2.45, 2.75) is 19.5 Å². The normalized spacial score (nSPS) is 12.6. The fourth-order valence-corrected chi connectivity index (χ4v) is 2.29. The van der Waals surface area contributed by atoms with E-state index in [1.54, 1.807) is 0 Å². The second-order valence-electron chi connectivity index (χ2n) is 4.55. The molecule has 0 bridgehead atoms. The van der Waals surface area contributed by atoms with Crippen LogP contribution in [0.2, 0.25) is 0 Å². The Bertz CT molecular complexity index is 470. The Morgan fingerprint density at radius 3 is 2.42 bits per heavy atom. The Hall–Kier alpha value is -1.71. The molecule has 3 heteroatoms. The number of hydrogen-bond acceptors (Lipinski definition) is 3. The Balaban J connectivity index is 2.15. The van der Waals surface area contributed by atoms with Crippen LogP contribution >= 0.6 is 0 Å². The van der Waals surface area contributed by atoms with E-state index in [-0.39, 0.29) is 6.04 Å². The molecule has 0 radical (unpaired) electrons. The first-order valence-corrected chi connectivity index (χ1v) is 6.74. The van der Waals surface area contributed by atoms with Gasteiger partial charge in [-0.05, 0) is 24.2 Å². The topological polar surface area (TPSA) is 42.1 Å². The van der Waals surface area contributed by atoms with Gasteiger partial charge in [-0.3, -0.25) is 9.88 Å². The molecule has 0 aliphatic rings. The molecule has 2 N–H and O–H groups in total. The summed E-state index contributed by atoms with van der Waals surface area (Å²) in [5, 5.41) is 0. The van der Waals surface area contributed by atoms with E-state index in [0.717, 1.165) is 18.8 Å². The lowest BCUT2D eigenvalue weighted by Gasteiger charge is -2.29. The number of nitrogens with zero attached hydrogens (tertiary/aromatic N) is 2. The highest BCUT2D eigenvalue weighted by Crippen LogP contribution is 2.19. The maximum absolute atomic E-state index is 5.95. The molecule has 0 spiro atoms. The maximum atomic E-state index is 5.95. The van der Waals surface area contributed by atoms with Crippen molar-refractivity contribution in [3.63, 3.8) is 0 Å². The molecular weight excluding hydrogens is 234 g/mol. The van der Waals surface area contributed by atoms with E-state index < -0.39 is 0 Å². The summed E-state index contributed by atoms with van der Waals surface area (Å²) in [4.78, 5) is 6.80. The largest absolute Gasteiger partial charge is 0.329 e. The number of aromatic nitrogens is 1. The number of rotatable bonds is 6. The standard InChI is InChI=1S/C16H21N3/c1-2-19(13-14-8-4-3-5-9-14)16(12-17)15-10-6-7-11-18-15/h3-11,16H,2,12-13,17H2,1H3. The number of nitrogens with two attached hydrogens (primary N) is 1. The third kappa shape index (κ3) is 3.63. The van der Waals surface area contributed by atoms with Crippen LogP contribution in [0.1, 0.15) is 24.2 Å². The zero-order valence-electron chi connectivity index (χ0n) is 11.4. The minimum atomic E-state index is 0.173. The first-order valence-electron chi connectivity index (χ1n) is 6.74. The highest BCUT2D eigenvalue weighted by molar-refractivity contribution is 5.16. The monoisotopic (exact) mass is 255 g/mol. The Morgan fingerprint density at radius 2 is 1.84 bits per heavy atom. The highest BCUT2D eigenvalue weighted by atomic mass is 15.2. The molecule has 1 aromatic carbocycles. The number of pyridine rings is 1. The van der Waals surface area contributed by atoms with Crippen LogP contribution in [0.3, 0.4) is 0 Å². The number of likely N-dealkylation sites (N-methyl/N-ethyl adjacent to an activating group) is 1. The van der Waals surface area contributed by atoms with Crippen molar-refractivity contribution in [3.05, 3.63) is 66.0 Å². The first-order chi connectivity index (χ1) is 9.35. The molecule has 3 nitrogen and oxygen atoms in total. The summed E-state index contributed by atoms with van der Waals surface area (Å²) in [7, 11) is 0. The van der Waals surface area contributed by atoms with Gasteiger partial charge in [0.05, 0.1) is 11.7 Å². The van der Waals surface area contributed by atoms with Crippen molar-refractivity contribution in [1.29, 1.82) is 0 Å². The van der Waals surface area contributed by atoms with Crippen LogP contribution in [0.5, 0.6) is 0 Å². The second kappa shape index (κ2) is 7.02. The van der Waals surface area contributed by atoms with Gasteiger partial charge in [-0.1, -0.05) is 43.3 Å². The van der Waals surface area contributed by atoms with Crippen molar-refractivity contribution in [3.8, 4) is 0 Å². The van der Waals surface area contributed by atoms with Crippen molar-refractivity contribution in [2.75, 3.05) is 13.1 Å². The predicted molar refractivity (Wildman–Crippen MR) is 78.6 cm³/mol. The van der Waals surface area contributed by atoms with Crippen LogP contribution in [0.15, 0.2) is 54.7 Å². The van der Waals surface area contributed by atoms with Gasteiger partial charge in [0.2, 0.25) is 0 Å². The Morgan fingerprint density at radius 1 is 1.11 bits per heavy atom. The van der Waals surface area contributed by atoms with E-state index in [1.165, 1.54) is 5.56 Å². The summed E-state index contributed by atoms with van der Waals surface area (Å²) < 4.78 is 0. The summed E-state index contributed by atoms with van der Waals surface area (Å²) in [6.45, 7) is 4.59. The van der Waals surface area contributed by atoms with E-state index in [1.807, 2.05) is 30.5 Å². The fourth-order valence-electron chi connectivity index (χ4n) is 2.29. The second-order valence-corrected chi connectivity index (χ2v) is 4.55. The molecule has 1 unspecified atom stereocenters. The maximum Gasteiger partial charge on any atom is 0.0647 e. The van der Waals surface area contributed by atoms with Crippen LogP contribution in [-0.2, 0) is 6.54 Å². The molecule has 2 aromatic rings. The van der Waals surface area contributed by atoms with Crippen LogP contribution in [-0.4, -0.2) is 23.0 Å². The van der Waals surface area contributed by atoms with Crippen molar-refractivity contribution in [2.24, 2.45) is 5.73 Å². The molecule has 1 atom stereocenters. The van der Waals surface area contributed by atoms with Crippen LogP contribution < -0.4 is 5.73 Å². The van der Waals surface area contributed by atoms with Crippen LogP contribution in [0.4, 0.5) is 0 Å². The zero-order chi connectivity index (χ0) is 13.5. The molecule has 0 aliphatic heterocycles. The Labute approximate surface area is 115 Å². The summed E-state index contributed by atoms with van der Waals surface area (Å²) in [5.41, 5.74) is 8.30. The van der Waals surface area contributed by atoms with Gasteiger partial charge in [0.25, 0.3) is 0 Å². The summed E-state index contributed by atoms with van der Waals surface area (Å²) >= 11 is 0. The predicted octanol–water partition coefficient (Wildman–Crippen LogP) is 2.60. The van der Waals surface area contributed by atoms with Crippen LogP contribution in [0, 0.1) is 0 Å². The number of benzene rings is 1. The molecule has 19 heavy (non-hydrogen) atoms. The Kier molecular flexibility index (Phi) is 5.07. The summed E-state index contributed by atoms with van der Waals surface area (Å²) in [6, 6.07) is 16.6. The van der Waals surface area contributed by atoms with Gasteiger partial charge in [0.1, 0.15) is 0 Å². The molecule has 0 aliphatic carbocycles. The molecule has 1 heterocycles. The van der Waals surface area contributed by atoms with Gasteiger partial charge >= 0.3 is 0 Å². The minimum absolute atomic E-state index is 0.173. The lowest BCUT2D eigenvalue weighted by atomic mass is 10.1. The van der Waals surface area contributed by atoms with E-state index in [9.17, 15) is 0 Å². The van der Waals surface area contributed by atoms with E-state index >= 15 is 0 Å². The van der Waals surface area contributed by atoms with E-state index in [4.69, 9.17) is 5.73 Å². The van der Waals surface area contributed by atoms with Crippen LogP contribution in [0.25, 0.3) is 0 Å². The molecule has 0 fully saturated rings. The molecule has 100 valence electrons. The van der Waals surface area contributed by atoms with Gasteiger partial charge in [-0.25, -0.2) is 0 Å². The quantitative estimate of drug-likeness (QED) is 0.862. The highest BCUT2D eigenvalue weighted by Gasteiger charge is 2.18. The smallest absolute Gasteiger partial charge is 0.0647 e. The van der Waals surface area contributed by atoms with E-state index in [2.05, 4.69) is 41.1 Å². The first kappa shape index (κ1) is 13.7. The van der Waals surface area contributed by atoms with Gasteiger partial charge in [-0.15, -0.1) is 0 Å². The van der Waals surface area contributed by atoms with Crippen molar-refractivity contribution in [1.82, 2.24) is 9.88 Å². The van der Waals surface area contributed by atoms with Gasteiger partial charge in [-0.2, -0.15) is 0 Å². The molecule has 0 amide bonds. The SMILES string of the molecule is CCN(Cc1ccccc1)C(CN)c1ccccn1. The molecule has 1 aromatic heterocycles. The average Bonchev–Trinajstić information content (AvgIpc) is 2.49. The van der Waals surface area contributed by atoms with E-state index in [0.29, 0.717) is 6.54 Å². The van der Waals surface area contributed by atoms with Gasteiger partial charge in [0, 0.05) is 19.3 Å². The third-order valence-electron chi connectivity index (χ3n) is 3.33. The molecule has 0 saturated carbocycles. The van der Waals surface area contributed by atoms with Gasteiger partial charge in [0.15, 0.2) is 0 Å². The fraction of sp³-hybridized carbons (Fsp3) is 0.312. The zero-order valence-corrected chi connectivity index (χ0v) is 11.4. The lowest BCUT2D eigenvalue weighted by Crippen LogP contribution is -2.33. The van der Waals surface area contributed by atoms with Crippen molar-refractivity contribution < 1.29 is 0 Å². The molecule has 0 saturated heterocycles. The third-order valence-corrected chi connectivity index (χ3v) is 3.33. The molecular formula is C16H21N3. The summed E-state index contributed by atoms with van der Waals surface area (Å²) in [5.74, 6) is 0. The number of hydrogen-bond donors (Lipinski definition) is 1.